The lowest BCUT2D eigenvalue weighted by Crippen LogP contribution is -2.38. The first-order valence-electron chi connectivity index (χ1n) is 5.95. The van der Waals surface area contributed by atoms with E-state index in [0.29, 0.717) is 12.1 Å². The molecule has 1 amide bonds. The zero-order chi connectivity index (χ0) is 13.3. The van der Waals surface area contributed by atoms with E-state index in [-0.39, 0.29) is 23.5 Å². The van der Waals surface area contributed by atoms with Crippen molar-refractivity contribution < 1.29 is 13.2 Å². The minimum Gasteiger partial charge on any atom is -0.336 e. The second kappa shape index (κ2) is 4.72. The van der Waals surface area contributed by atoms with Gasteiger partial charge >= 0.3 is 0 Å². The molecule has 0 saturated carbocycles. The molecule has 1 aromatic rings. The third-order valence-corrected chi connectivity index (χ3v) is 5.06. The lowest BCUT2D eigenvalue weighted by atomic mass is 10.2. The Morgan fingerprint density at radius 1 is 1.61 bits per heavy atom. The minimum absolute atomic E-state index is 0.0559. The number of hydrogen-bond donors (Lipinski definition) is 1. The average Bonchev–Trinajstić information content (AvgIpc) is 2.93. The quantitative estimate of drug-likeness (QED) is 0.853. The molecule has 18 heavy (non-hydrogen) atoms. The highest BCUT2D eigenvalue weighted by molar-refractivity contribution is 7.91. The number of nitrogens with one attached hydrogen (secondary N) is 1. The number of carbonyl (C=O) groups is 1. The van der Waals surface area contributed by atoms with Crippen LogP contribution in [0.5, 0.6) is 0 Å². The Hall–Kier alpha value is -1.37. The van der Waals surface area contributed by atoms with Gasteiger partial charge in [-0.1, -0.05) is 6.92 Å². The molecule has 0 aliphatic carbocycles. The number of nitrogens with zero attached hydrogens (tertiary/aromatic N) is 2. The van der Waals surface area contributed by atoms with Crippen LogP contribution in [0.4, 0.5) is 0 Å². The van der Waals surface area contributed by atoms with E-state index in [2.05, 4.69) is 10.2 Å². The topological polar surface area (TPSA) is 83.1 Å². The summed E-state index contributed by atoms with van der Waals surface area (Å²) in [5.41, 5.74) is 1.24. The van der Waals surface area contributed by atoms with Crippen molar-refractivity contribution in [1.29, 1.82) is 0 Å². The third-order valence-electron chi connectivity index (χ3n) is 3.31. The van der Waals surface area contributed by atoms with Crippen molar-refractivity contribution >= 4 is 15.7 Å². The highest BCUT2D eigenvalue weighted by atomic mass is 32.2. The van der Waals surface area contributed by atoms with Gasteiger partial charge in [-0.25, -0.2) is 8.42 Å². The lowest BCUT2D eigenvalue weighted by molar-refractivity contribution is 0.0741. The van der Waals surface area contributed by atoms with Gasteiger partial charge in [-0.2, -0.15) is 5.10 Å². The molecule has 1 fully saturated rings. The molecular formula is C11H17N3O3S. The van der Waals surface area contributed by atoms with Crippen molar-refractivity contribution in [3.05, 3.63) is 17.5 Å². The molecule has 0 radical (unpaired) electrons. The molecule has 6 nitrogen and oxygen atoms in total. The number of H-pyrrole nitrogens is 1. The number of sulfone groups is 1. The maximum absolute atomic E-state index is 12.1. The van der Waals surface area contributed by atoms with Crippen LogP contribution in [0.15, 0.2) is 6.07 Å². The van der Waals surface area contributed by atoms with E-state index >= 15 is 0 Å². The first-order chi connectivity index (χ1) is 8.43. The van der Waals surface area contributed by atoms with Crippen LogP contribution in [-0.4, -0.2) is 54.0 Å². The van der Waals surface area contributed by atoms with Crippen LogP contribution in [0.1, 0.15) is 29.5 Å². The van der Waals surface area contributed by atoms with Gasteiger partial charge in [0.25, 0.3) is 5.91 Å². The van der Waals surface area contributed by atoms with E-state index in [9.17, 15) is 13.2 Å². The Balaban J connectivity index is 2.09. The molecule has 2 heterocycles. The number of rotatable bonds is 3. The number of aromatic amines is 1. The number of amides is 1. The largest absolute Gasteiger partial charge is 0.336 e. The van der Waals surface area contributed by atoms with Crippen molar-refractivity contribution in [2.24, 2.45) is 0 Å². The van der Waals surface area contributed by atoms with Gasteiger partial charge in [0.2, 0.25) is 0 Å². The first-order valence-corrected chi connectivity index (χ1v) is 7.77. The van der Waals surface area contributed by atoms with Gasteiger partial charge in [-0.05, 0) is 18.9 Å². The Kier molecular flexibility index (Phi) is 3.43. The second-order valence-corrected chi connectivity index (χ2v) is 6.83. The molecule has 7 heteroatoms. The molecule has 0 spiro atoms. The second-order valence-electron chi connectivity index (χ2n) is 4.60. The van der Waals surface area contributed by atoms with Crippen LogP contribution in [0, 0.1) is 0 Å². The van der Waals surface area contributed by atoms with E-state index in [0.717, 1.165) is 12.1 Å². The highest BCUT2D eigenvalue weighted by Gasteiger charge is 2.33. The van der Waals surface area contributed by atoms with Crippen molar-refractivity contribution in [3.8, 4) is 0 Å². The highest BCUT2D eigenvalue weighted by Crippen LogP contribution is 2.18. The summed E-state index contributed by atoms with van der Waals surface area (Å²) in [7, 11) is -1.34. The summed E-state index contributed by atoms with van der Waals surface area (Å²) in [4.78, 5) is 13.6. The molecule has 0 aromatic carbocycles. The molecule has 1 unspecified atom stereocenters. The van der Waals surface area contributed by atoms with E-state index in [4.69, 9.17) is 0 Å². The van der Waals surface area contributed by atoms with Gasteiger partial charge in [-0.3, -0.25) is 9.89 Å². The Morgan fingerprint density at radius 3 is 2.83 bits per heavy atom. The smallest absolute Gasteiger partial charge is 0.274 e. The van der Waals surface area contributed by atoms with Crippen LogP contribution in [0.25, 0.3) is 0 Å². The Morgan fingerprint density at radius 2 is 2.33 bits per heavy atom. The predicted molar refractivity (Wildman–Crippen MR) is 67.1 cm³/mol. The molecule has 1 atom stereocenters. The van der Waals surface area contributed by atoms with E-state index < -0.39 is 9.84 Å². The maximum Gasteiger partial charge on any atom is 0.274 e. The number of hydrogen-bond acceptors (Lipinski definition) is 4. The molecule has 0 bridgehead atoms. The molecule has 2 rings (SSSR count). The zero-order valence-electron chi connectivity index (χ0n) is 10.5. The fraction of sp³-hybridized carbons (Fsp3) is 0.636. The summed E-state index contributed by atoms with van der Waals surface area (Å²) in [5.74, 6) is -0.0100. The van der Waals surface area contributed by atoms with Gasteiger partial charge in [-0.15, -0.1) is 0 Å². The number of carbonyl (C=O) groups excluding carboxylic acids is 1. The molecule has 1 aromatic heterocycles. The predicted octanol–water partition coefficient (Wildman–Crippen LogP) is 0.231. The van der Waals surface area contributed by atoms with Gasteiger partial charge in [0.1, 0.15) is 5.69 Å². The zero-order valence-corrected chi connectivity index (χ0v) is 11.3. The van der Waals surface area contributed by atoms with Crippen molar-refractivity contribution in [3.63, 3.8) is 0 Å². The van der Waals surface area contributed by atoms with Gasteiger partial charge in [0.05, 0.1) is 11.5 Å². The summed E-state index contributed by atoms with van der Waals surface area (Å²) in [6.07, 6.45) is 1.29. The fourth-order valence-electron chi connectivity index (χ4n) is 2.08. The van der Waals surface area contributed by atoms with Crippen molar-refractivity contribution in [1.82, 2.24) is 15.1 Å². The van der Waals surface area contributed by atoms with Crippen LogP contribution < -0.4 is 0 Å². The van der Waals surface area contributed by atoms with Gasteiger partial charge in [0.15, 0.2) is 9.84 Å². The maximum atomic E-state index is 12.1. The van der Waals surface area contributed by atoms with Gasteiger partial charge < -0.3 is 4.90 Å². The molecule has 100 valence electrons. The molecule has 1 aliphatic rings. The van der Waals surface area contributed by atoms with E-state index in [1.165, 1.54) is 4.90 Å². The van der Waals surface area contributed by atoms with E-state index in [1.807, 2.05) is 6.92 Å². The standard InChI is InChI=1S/C11H17N3O3S/c1-3-8-6-10(13-12-8)11(15)14(2)9-4-5-18(16,17)7-9/h6,9H,3-5,7H2,1-2H3,(H,12,13). The van der Waals surface area contributed by atoms with E-state index in [1.54, 1.807) is 13.1 Å². The SMILES string of the molecule is CCc1cc(C(=O)N(C)C2CCS(=O)(=O)C2)n[nH]1. The van der Waals surface area contributed by atoms with Gasteiger partial charge in [0, 0.05) is 18.8 Å². The van der Waals surface area contributed by atoms with Crippen LogP contribution in [-0.2, 0) is 16.3 Å². The van der Waals surface area contributed by atoms with Crippen molar-refractivity contribution in [2.75, 3.05) is 18.6 Å². The van der Waals surface area contributed by atoms with Crippen LogP contribution in [0.3, 0.4) is 0 Å². The summed E-state index contributed by atoms with van der Waals surface area (Å²) in [6.45, 7) is 1.97. The molecular weight excluding hydrogens is 254 g/mol. The van der Waals surface area contributed by atoms with Crippen LogP contribution in [0.2, 0.25) is 0 Å². The minimum atomic E-state index is -2.98. The Bertz CT molecular complexity index is 550. The summed E-state index contributed by atoms with van der Waals surface area (Å²) in [6, 6.07) is 1.48. The monoisotopic (exact) mass is 271 g/mol. The summed E-state index contributed by atoms with van der Waals surface area (Å²) in [5, 5.41) is 6.73. The fourth-order valence-corrected chi connectivity index (χ4v) is 3.85. The summed E-state index contributed by atoms with van der Waals surface area (Å²) >= 11 is 0. The molecule has 1 saturated heterocycles. The van der Waals surface area contributed by atoms with Crippen LogP contribution >= 0.6 is 0 Å². The Labute approximate surface area is 106 Å². The number of aryl methyl sites for hydroxylation is 1. The normalized spacial score (nSPS) is 22.0. The molecule has 1 aliphatic heterocycles. The lowest BCUT2D eigenvalue weighted by Gasteiger charge is -2.22. The molecule has 1 N–H and O–H groups in total. The number of aromatic nitrogens is 2. The first kappa shape index (κ1) is 13.1. The third kappa shape index (κ3) is 2.55. The average molecular weight is 271 g/mol. The summed E-state index contributed by atoms with van der Waals surface area (Å²) < 4.78 is 22.8. The van der Waals surface area contributed by atoms with Crippen molar-refractivity contribution in [2.45, 2.75) is 25.8 Å².